The van der Waals surface area contributed by atoms with Gasteiger partial charge in [0.15, 0.2) is 5.83 Å². The molecule has 52 heavy (non-hydrogen) atoms. The molecule has 0 bridgehead atoms. The summed E-state index contributed by atoms with van der Waals surface area (Å²) >= 11 is 0. The number of benzene rings is 1. The van der Waals surface area contributed by atoms with Crippen molar-refractivity contribution in [3.05, 3.63) is 30.7 Å². The molecule has 16 heteroatoms. The van der Waals surface area contributed by atoms with Crippen LogP contribution in [-0.2, 0) is 24.3 Å². The zero-order chi connectivity index (χ0) is 38.6. The standard InChI is InChI=1S/C36H56F2N6O6SSi/c1-24-20-40(21-25(2)43(24)34(46)50-35(4,5)6)31-16-29(51(47,48)42(36(7)11-12-36)23-49-13-14-52(8,9)10)17-32-30(31)19-39-44(32)28-15-27(18-37)41(22-28)33(45)26(3)38/h16-17,19,24-25,27-28H,3,11-15,18,20-23H2,1-2,4-10H3/t24-,25-,27-,28+/m0/s1. The van der Waals surface area contributed by atoms with Crippen molar-refractivity contribution in [2.45, 2.75) is 127 Å². The Labute approximate surface area is 308 Å². The number of hydrogen-bond donors (Lipinski definition) is 0. The van der Waals surface area contributed by atoms with E-state index in [1.807, 2.05) is 41.5 Å². The van der Waals surface area contributed by atoms with Crippen LogP contribution in [0.15, 0.2) is 35.6 Å². The first-order chi connectivity index (χ1) is 24.1. The van der Waals surface area contributed by atoms with E-state index >= 15 is 0 Å². The van der Waals surface area contributed by atoms with Gasteiger partial charge in [0.2, 0.25) is 10.0 Å². The van der Waals surface area contributed by atoms with E-state index in [2.05, 4.69) is 36.2 Å². The van der Waals surface area contributed by atoms with Crippen molar-refractivity contribution in [2.24, 2.45) is 0 Å². The summed E-state index contributed by atoms with van der Waals surface area (Å²) in [6.07, 6.45) is 2.81. The summed E-state index contributed by atoms with van der Waals surface area (Å²) in [4.78, 5) is 30.8. The van der Waals surface area contributed by atoms with E-state index in [4.69, 9.17) is 9.47 Å². The Morgan fingerprint density at radius 1 is 1.12 bits per heavy atom. The predicted molar refractivity (Wildman–Crippen MR) is 200 cm³/mol. The SMILES string of the molecule is C=C(F)C(=O)N1C[C@H](n2ncc3c(N4C[C@H](C)N(C(=O)OC(C)(C)C)[C@@H](C)C4)cc(S(=O)(=O)N(COCC[Si](C)(C)C)C4(C)CC4)cc32)C[C@H]1CF. The van der Waals surface area contributed by atoms with Crippen LogP contribution in [0.25, 0.3) is 10.9 Å². The Hall–Kier alpha value is -3.08. The maximum atomic E-state index is 14.7. The van der Waals surface area contributed by atoms with E-state index in [1.54, 1.807) is 27.9 Å². The van der Waals surface area contributed by atoms with Crippen LogP contribution in [0.3, 0.4) is 0 Å². The number of anilines is 1. The molecule has 5 rings (SSSR count). The van der Waals surface area contributed by atoms with Crippen molar-refractivity contribution in [1.29, 1.82) is 0 Å². The second-order valence-electron chi connectivity index (χ2n) is 17.2. The minimum Gasteiger partial charge on any atom is -0.444 e. The van der Waals surface area contributed by atoms with Gasteiger partial charge in [-0.1, -0.05) is 26.2 Å². The highest BCUT2D eigenvalue weighted by molar-refractivity contribution is 7.89. The molecule has 290 valence electrons. The fourth-order valence-electron chi connectivity index (χ4n) is 7.22. The number of halogens is 2. The van der Waals surface area contributed by atoms with E-state index in [1.165, 1.54) is 4.31 Å². The zero-order valence-electron chi connectivity index (χ0n) is 32.1. The van der Waals surface area contributed by atoms with E-state index in [0.29, 0.717) is 49.1 Å². The summed E-state index contributed by atoms with van der Waals surface area (Å²) in [5.41, 5.74) is -0.151. The lowest BCUT2D eigenvalue weighted by atomic mass is 10.1. The fourth-order valence-corrected chi connectivity index (χ4v) is 9.72. The molecular formula is C36H56F2N6O6SSi. The molecule has 1 aliphatic carbocycles. The number of nitrogens with zero attached hydrogens (tertiary/aromatic N) is 6. The third kappa shape index (κ3) is 8.49. The zero-order valence-corrected chi connectivity index (χ0v) is 33.9. The van der Waals surface area contributed by atoms with Crippen molar-refractivity contribution in [3.63, 3.8) is 0 Å². The highest BCUT2D eigenvalue weighted by Crippen LogP contribution is 2.45. The number of ether oxygens (including phenoxy) is 2. The Balaban J connectivity index is 1.57. The Bertz CT molecular complexity index is 1780. The van der Waals surface area contributed by atoms with Crippen molar-refractivity contribution < 1.29 is 36.3 Å². The topological polar surface area (TPSA) is 118 Å². The van der Waals surface area contributed by atoms with Gasteiger partial charge in [-0.25, -0.2) is 22.0 Å². The van der Waals surface area contributed by atoms with Gasteiger partial charge in [0, 0.05) is 50.9 Å². The van der Waals surface area contributed by atoms with Gasteiger partial charge in [-0.05, 0) is 79.0 Å². The molecule has 2 aromatic rings. The minimum absolute atomic E-state index is 0.0167. The smallest absolute Gasteiger partial charge is 0.410 e. The van der Waals surface area contributed by atoms with E-state index in [9.17, 15) is 26.8 Å². The first-order valence-electron chi connectivity index (χ1n) is 18.2. The van der Waals surface area contributed by atoms with Gasteiger partial charge in [-0.15, -0.1) is 0 Å². The molecule has 1 aromatic carbocycles. The second-order valence-corrected chi connectivity index (χ2v) is 24.7. The quantitative estimate of drug-likeness (QED) is 0.107. The van der Waals surface area contributed by atoms with Crippen molar-refractivity contribution in [2.75, 3.05) is 44.5 Å². The molecule has 2 aliphatic heterocycles. The average molecular weight is 767 g/mol. The number of amides is 2. The van der Waals surface area contributed by atoms with E-state index in [-0.39, 0.29) is 36.7 Å². The third-order valence-corrected chi connectivity index (χ3v) is 14.0. The number of carbonyl (C=O) groups excluding carboxylic acids is 2. The van der Waals surface area contributed by atoms with Gasteiger partial charge in [-0.3, -0.25) is 14.4 Å². The molecule has 0 radical (unpaired) electrons. The van der Waals surface area contributed by atoms with Crippen LogP contribution in [0.4, 0.5) is 19.3 Å². The minimum atomic E-state index is -4.12. The Morgan fingerprint density at radius 3 is 2.29 bits per heavy atom. The molecule has 2 saturated heterocycles. The Kier molecular flexibility index (Phi) is 11.3. The normalized spacial score (nSPS) is 23.8. The van der Waals surface area contributed by atoms with Gasteiger partial charge < -0.3 is 19.3 Å². The van der Waals surface area contributed by atoms with Gasteiger partial charge in [-0.2, -0.15) is 9.40 Å². The first kappa shape index (κ1) is 40.1. The van der Waals surface area contributed by atoms with Crippen LogP contribution in [0, 0.1) is 0 Å². The highest BCUT2D eigenvalue weighted by Gasteiger charge is 2.50. The number of fused-ring (bicyclic) bond motifs is 1. The monoisotopic (exact) mass is 766 g/mol. The maximum Gasteiger partial charge on any atom is 0.410 e. The molecule has 0 N–H and O–H groups in total. The number of piperazine rings is 1. The van der Waals surface area contributed by atoms with E-state index in [0.717, 1.165) is 10.9 Å². The molecule has 0 spiro atoms. The number of rotatable bonds is 12. The maximum absolute atomic E-state index is 14.7. The van der Waals surface area contributed by atoms with Gasteiger partial charge >= 0.3 is 6.09 Å². The summed E-state index contributed by atoms with van der Waals surface area (Å²) in [5, 5.41) is 5.34. The summed E-state index contributed by atoms with van der Waals surface area (Å²) in [7, 11) is -5.54. The third-order valence-electron chi connectivity index (χ3n) is 10.3. The van der Waals surface area contributed by atoms with E-state index < -0.39 is 65.8 Å². The molecule has 3 aliphatic rings. The second kappa shape index (κ2) is 14.6. The number of alkyl halides is 1. The van der Waals surface area contributed by atoms with Crippen LogP contribution < -0.4 is 4.90 Å². The Morgan fingerprint density at radius 2 is 1.75 bits per heavy atom. The van der Waals surface area contributed by atoms with Crippen LogP contribution in [0.5, 0.6) is 0 Å². The lowest BCUT2D eigenvalue weighted by molar-refractivity contribution is -0.129. The summed E-state index contributed by atoms with van der Waals surface area (Å²) in [6.45, 7) is 21.4. The largest absolute Gasteiger partial charge is 0.444 e. The molecular weight excluding hydrogens is 711 g/mol. The highest BCUT2D eigenvalue weighted by atomic mass is 32.2. The molecule has 4 atom stereocenters. The molecule has 12 nitrogen and oxygen atoms in total. The summed E-state index contributed by atoms with van der Waals surface area (Å²) in [6, 6.07) is 2.19. The number of aromatic nitrogens is 2. The van der Waals surface area contributed by atoms with Gasteiger partial charge in [0.1, 0.15) is 19.0 Å². The summed E-state index contributed by atoms with van der Waals surface area (Å²) in [5.74, 6) is -2.14. The molecule has 1 aromatic heterocycles. The number of hydrogen-bond acceptors (Lipinski definition) is 8. The van der Waals surface area contributed by atoms with Crippen LogP contribution in [-0.4, -0.2) is 121 Å². The van der Waals surface area contributed by atoms with Crippen LogP contribution >= 0.6 is 0 Å². The molecule has 3 heterocycles. The van der Waals surface area contributed by atoms with Gasteiger partial charge in [0.25, 0.3) is 5.91 Å². The first-order valence-corrected chi connectivity index (χ1v) is 23.3. The summed E-state index contributed by atoms with van der Waals surface area (Å²) < 4.78 is 72.4. The van der Waals surface area contributed by atoms with Crippen molar-refractivity contribution >= 4 is 46.7 Å². The molecule has 2 amide bonds. The number of sulfonamides is 1. The average Bonchev–Trinajstić information content (AvgIpc) is 3.41. The molecule has 1 saturated carbocycles. The van der Waals surface area contributed by atoms with Gasteiger partial charge in [0.05, 0.1) is 40.8 Å². The number of carbonyl (C=O) groups is 2. The fraction of sp³-hybridized carbons (Fsp3) is 0.694. The van der Waals surface area contributed by atoms with Crippen LogP contribution in [0.2, 0.25) is 25.7 Å². The number of likely N-dealkylation sites (tertiary alicyclic amines) is 1. The lowest BCUT2D eigenvalue weighted by Gasteiger charge is -2.45. The predicted octanol–water partition coefficient (Wildman–Crippen LogP) is 6.32. The van der Waals surface area contributed by atoms with Crippen molar-refractivity contribution in [3.8, 4) is 0 Å². The van der Waals surface area contributed by atoms with Crippen LogP contribution in [0.1, 0.15) is 66.8 Å². The molecule has 0 unspecified atom stereocenters. The van der Waals surface area contributed by atoms with Crippen molar-refractivity contribution in [1.82, 2.24) is 23.9 Å². The lowest BCUT2D eigenvalue weighted by Crippen LogP contribution is -2.59. The molecule has 3 fully saturated rings.